The number of aromatic nitrogens is 3. The van der Waals surface area contributed by atoms with Crippen molar-refractivity contribution in [2.24, 2.45) is 5.92 Å². The zero-order valence-electron chi connectivity index (χ0n) is 15.4. The molecule has 2 N–H and O–H groups in total. The number of nitrogens with two attached hydrogens (primary N) is 1. The van der Waals surface area contributed by atoms with Crippen LogP contribution in [0.2, 0.25) is 0 Å². The molecule has 2 aromatic heterocycles. The molecule has 1 atom stereocenters. The summed E-state index contributed by atoms with van der Waals surface area (Å²) in [4.78, 5) is 12.7. The van der Waals surface area contributed by atoms with Gasteiger partial charge in [0.1, 0.15) is 18.0 Å². The predicted molar refractivity (Wildman–Crippen MR) is 107 cm³/mol. The molecule has 3 aromatic rings. The highest BCUT2D eigenvalue weighted by Crippen LogP contribution is 2.40. The monoisotopic (exact) mass is 360 g/mol. The zero-order chi connectivity index (χ0) is 19.0. The molecule has 0 saturated heterocycles. The molecule has 0 saturated carbocycles. The Labute approximate surface area is 157 Å². The maximum absolute atomic E-state index is 13.8. The smallest absolute Gasteiger partial charge is 0.164 e. The van der Waals surface area contributed by atoms with Crippen LogP contribution in [0, 0.1) is 18.7 Å². The fraction of sp³-hybridized carbons (Fsp3) is 0.227. The number of hydrogen-bond donors (Lipinski definition) is 1. The van der Waals surface area contributed by atoms with Crippen LogP contribution in [0.25, 0.3) is 22.2 Å². The molecule has 4 nitrogen and oxygen atoms in total. The van der Waals surface area contributed by atoms with Crippen molar-refractivity contribution in [3.63, 3.8) is 0 Å². The molecule has 0 bridgehead atoms. The lowest BCUT2D eigenvalue weighted by atomic mass is 9.79. The summed E-state index contributed by atoms with van der Waals surface area (Å²) in [6.07, 6.45) is 9.54. The minimum atomic E-state index is -0.183. The summed E-state index contributed by atoms with van der Waals surface area (Å²) in [6, 6.07) is 7.33. The minimum Gasteiger partial charge on any atom is -0.383 e. The second-order valence-corrected chi connectivity index (χ2v) is 6.89. The second-order valence-electron chi connectivity index (χ2n) is 6.89. The van der Waals surface area contributed by atoms with Gasteiger partial charge in [0, 0.05) is 11.8 Å². The molecule has 0 aliphatic heterocycles. The Morgan fingerprint density at radius 1 is 1.15 bits per heavy atom. The molecule has 0 fully saturated rings. The third kappa shape index (κ3) is 3.10. The Balaban J connectivity index is 1.95. The van der Waals surface area contributed by atoms with E-state index in [4.69, 9.17) is 5.73 Å². The standard InChI is InChI=1S/C22H21FN4/c1-3-14-5-4-6-17(20(14)15-7-8-19(23)13(2)9-15)16-10-18-21(24)26-12-27-22(18)25-11-16/h4,6-12,14H,3,5H2,1-2H3,(H2,24,25,26,27). The Morgan fingerprint density at radius 3 is 2.78 bits per heavy atom. The van der Waals surface area contributed by atoms with Crippen LogP contribution in [0.5, 0.6) is 0 Å². The SMILES string of the molecule is CCC1CC=CC(c2cnc3ncnc(N)c3c2)=C1c1ccc(F)c(C)c1. The number of allylic oxidation sites excluding steroid dienone is 4. The van der Waals surface area contributed by atoms with Crippen LogP contribution in [-0.2, 0) is 0 Å². The number of nitrogen functional groups attached to an aromatic ring is 1. The van der Waals surface area contributed by atoms with Crippen LogP contribution in [0.4, 0.5) is 10.2 Å². The van der Waals surface area contributed by atoms with Crippen molar-refractivity contribution in [3.8, 4) is 0 Å². The highest BCUT2D eigenvalue weighted by molar-refractivity contribution is 5.99. The molecule has 1 aliphatic rings. The zero-order valence-corrected chi connectivity index (χ0v) is 15.4. The molecule has 0 spiro atoms. The van der Waals surface area contributed by atoms with Crippen LogP contribution >= 0.6 is 0 Å². The highest BCUT2D eigenvalue weighted by atomic mass is 19.1. The average Bonchev–Trinajstić information content (AvgIpc) is 2.69. The Bertz CT molecular complexity index is 1080. The van der Waals surface area contributed by atoms with Crippen LogP contribution in [0.3, 0.4) is 0 Å². The van der Waals surface area contributed by atoms with Crippen LogP contribution < -0.4 is 5.73 Å². The Hall–Kier alpha value is -3.08. The van der Waals surface area contributed by atoms with E-state index in [9.17, 15) is 4.39 Å². The molecule has 27 heavy (non-hydrogen) atoms. The lowest BCUT2D eigenvalue weighted by molar-refractivity contribution is 0.617. The number of halogens is 1. The second kappa shape index (κ2) is 6.91. The fourth-order valence-electron chi connectivity index (χ4n) is 3.72. The van der Waals surface area contributed by atoms with Gasteiger partial charge in [0.2, 0.25) is 0 Å². The van der Waals surface area contributed by atoms with Gasteiger partial charge in [0.25, 0.3) is 0 Å². The number of pyridine rings is 1. The molecule has 2 heterocycles. The molecule has 4 rings (SSSR count). The predicted octanol–water partition coefficient (Wildman–Crippen LogP) is 4.95. The van der Waals surface area contributed by atoms with E-state index in [-0.39, 0.29) is 5.82 Å². The lowest BCUT2D eigenvalue weighted by Gasteiger charge is -2.25. The fourth-order valence-corrected chi connectivity index (χ4v) is 3.72. The average molecular weight is 360 g/mol. The summed E-state index contributed by atoms with van der Waals surface area (Å²) in [5.74, 6) is 0.605. The van der Waals surface area contributed by atoms with E-state index < -0.39 is 0 Å². The maximum Gasteiger partial charge on any atom is 0.164 e. The molecule has 0 radical (unpaired) electrons. The number of hydrogen-bond acceptors (Lipinski definition) is 4. The van der Waals surface area contributed by atoms with Crippen molar-refractivity contribution in [2.45, 2.75) is 26.7 Å². The third-order valence-corrected chi connectivity index (χ3v) is 5.20. The molecule has 136 valence electrons. The summed E-state index contributed by atoms with van der Waals surface area (Å²) in [5.41, 5.74) is 11.6. The van der Waals surface area contributed by atoms with E-state index in [0.29, 0.717) is 22.9 Å². The van der Waals surface area contributed by atoms with Crippen molar-refractivity contribution >= 4 is 28.0 Å². The third-order valence-electron chi connectivity index (χ3n) is 5.20. The first kappa shape index (κ1) is 17.3. The molecule has 1 aliphatic carbocycles. The van der Waals surface area contributed by atoms with Crippen LogP contribution in [0.15, 0.2) is 48.9 Å². The molecular formula is C22H21FN4. The van der Waals surface area contributed by atoms with Crippen LogP contribution in [-0.4, -0.2) is 15.0 Å². The van der Waals surface area contributed by atoms with Gasteiger partial charge in [0.05, 0.1) is 5.39 Å². The van der Waals surface area contributed by atoms with Gasteiger partial charge >= 0.3 is 0 Å². The summed E-state index contributed by atoms with van der Waals surface area (Å²) < 4.78 is 13.8. The topological polar surface area (TPSA) is 64.7 Å². The number of fused-ring (bicyclic) bond motifs is 1. The molecule has 0 amide bonds. The van der Waals surface area contributed by atoms with Gasteiger partial charge < -0.3 is 5.73 Å². The summed E-state index contributed by atoms with van der Waals surface area (Å²) in [5, 5.41) is 0.740. The summed E-state index contributed by atoms with van der Waals surface area (Å²) in [6.45, 7) is 3.98. The van der Waals surface area contributed by atoms with E-state index in [1.165, 1.54) is 11.9 Å². The Morgan fingerprint density at radius 2 is 2.00 bits per heavy atom. The van der Waals surface area contributed by atoms with Crippen LogP contribution in [0.1, 0.15) is 36.5 Å². The number of anilines is 1. The number of benzene rings is 1. The van der Waals surface area contributed by atoms with Crippen molar-refractivity contribution in [2.75, 3.05) is 5.73 Å². The normalized spacial score (nSPS) is 16.9. The van der Waals surface area contributed by atoms with E-state index in [1.807, 2.05) is 24.4 Å². The van der Waals surface area contributed by atoms with Gasteiger partial charge in [-0.3, -0.25) is 0 Å². The van der Waals surface area contributed by atoms with E-state index in [2.05, 4.69) is 34.0 Å². The first-order valence-electron chi connectivity index (χ1n) is 9.12. The lowest BCUT2D eigenvalue weighted by Crippen LogP contribution is -2.08. The van der Waals surface area contributed by atoms with Gasteiger partial charge in [0.15, 0.2) is 5.65 Å². The van der Waals surface area contributed by atoms with Crippen molar-refractivity contribution < 1.29 is 4.39 Å². The van der Waals surface area contributed by atoms with Gasteiger partial charge in [-0.2, -0.15) is 0 Å². The first-order chi connectivity index (χ1) is 13.1. The molecular weight excluding hydrogens is 339 g/mol. The largest absolute Gasteiger partial charge is 0.383 e. The number of nitrogens with zero attached hydrogens (tertiary/aromatic N) is 3. The minimum absolute atomic E-state index is 0.183. The number of rotatable bonds is 3. The number of aryl methyl sites for hydroxylation is 1. The Kier molecular flexibility index (Phi) is 4.44. The molecule has 5 heteroatoms. The van der Waals surface area contributed by atoms with Gasteiger partial charge in [-0.25, -0.2) is 19.3 Å². The first-order valence-corrected chi connectivity index (χ1v) is 9.12. The summed E-state index contributed by atoms with van der Waals surface area (Å²) in [7, 11) is 0. The molecule has 1 unspecified atom stereocenters. The summed E-state index contributed by atoms with van der Waals surface area (Å²) >= 11 is 0. The van der Waals surface area contributed by atoms with Crippen molar-refractivity contribution in [1.82, 2.24) is 15.0 Å². The van der Waals surface area contributed by atoms with Gasteiger partial charge in [-0.15, -0.1) is 0 Å². The van der Waals surface area contributed by atoms with E-state index in [1.54, 1.807) is 13.0 Å². The van der Waals surface area contributed by atoms with E-state index >= 15 is 0 Å². The van der Waals surface area contributed by atoms with Gasteiger partial charge in [-0.05, 0) is 66.2 Å². The van der Waals surface area contributed by atoms with E-state index in [0.717, 1.165) is 34.9 Å². The quantitative estimate of drug-likeness (QED) is 0.717. The van der Waals surface area contributed by atoms with Gasteiger partial charge in [-0.1, -0.05) is 25.1 Å². The van der Waals surface area contributed by atoms with Crippen molar-refractivity contribution in [1.29, 1.82) is 0 Å². The highest BCUT2D eigenvalue weighted by Gasteiger charge is 2.22. The van der Waals surface area contributed by atoms with Crippen molar-refractivity contribution in [3.05, 3.63) is 71.4 Å². The molecule has 1 aromatic carbocycles. The maximum atomic E-state index is 13.8.